The first-order valence-electron chi connectivity index (χ1n) is 7.47. The third-order valence-corrected chi connectivity index (χ3v) is 5.62. The van der Waals surface area contributed by atoms with Gasteiger partial charge >= 0.3 is 0 Å². The van der Waals surface area contributed by atoms with Crippen LogP contribution in [0.2, 0.25) is 0 Å². The summed E-state index contributed by atoms with van der Waals surface area (Å²) in [7, 11) is -2.09. The largest absolute Gasteiger partial charge is 0.488 e. The topological polar surface area (TPSA) is 81.4 Å². The maximum atomic E-state index is 11.9. The van der Waals surface area contributed by atoms with Crippen molar-refractivity contribution in [1.82, 2.24) is 4.72 Å². The van der Waals surface area contributed by atoms with E-state index in [1.807, 2.05) is 0 Å². The minimum Gasteiger partial charge on any atom is -0.488 e. The van der Waals surface area contributed by atoms with Gasteiger partial charge in [-0.2, -0.15) is 0 Å². The van der Waals surface area contributed by atoms with Gasteiger partial charge in [-0.05, 0) is 50.8 Å². The summed E-state index contributed by atoms with van der Waals surface area (Å²) in [6.07, 6.45) is 5.74. The molecular formula is C15H24N2O3S. The van der Waals surface area contributed by atoms with E-state index in [-0.39, 0.29) is 11.0 Å². The molecule has 2 atom stereocenters. The summed E-state index contributed by atoms with van der Waals surface area (Å²) in [5.41, 5.74) is 6.42. The number of anilines is 1. The van der Waals surface area contributed by atoms with Gasteiger partial charge in [-0.1, -0.05) is 13.3 Å². The van der Waals surface area contributed by atoms with E-state index in [0.717, 1.165) is 25.7 Å². The molecule has 2 unspecified atom stereocenters. The van der Waals surface area contributed by atoms with Gasteiger partial charge in [-0.15, -0.1) is 0 Å². The van der Waals surface area contributed by atoms with E-state index in [9.17, 15) is 8.42 Å². The van der Waals surface area contributed by atoms with Gasteiger partial charge in [0.05, 0.1) is 10.6 Å². The Morgan fingerprint density at radius 3 is 2.71 bits per heavy atom. The van der Waals surface area contributed by atoms with Crippen molar-refractivity contribution in [1.29, 1.82) is 0 Å². The van der Waals surface area contributed by atoms with Crippen LogP contribution >= 0.6 is 0 Å². The van der Waals surface area contributed by atoms with Gasteiger partial charge in [0.25, 0.3) is 0 Å². The SMILES string of the molecule is CCC1CCCCC1Oc1cc(S(=O)(=O)NC)ccc1N. The van der Waals surface area contributed by atoms with Crippen LogP contribution in [0.15, 0.2) is 23.1 Å². The summed E-state index contributed by atoms with van der Waals surface area (Å²) in [6, 6.07) is 4.60. The van der Waals surface area contributed by atoms with Crippen LogP contribution in [-0.4, -0.2) is 21.6 Å². The summed E-state index contributed by atoms with van der Waals surface area (Å²) in [5, 5.41) is 0. The van der Waals surface area contributed by atoms with Crippen LogP contribution in [0.25, 0.3) is 0 Å². The minimum absolute atomic E-state index is 0.124. The second-order valence-corrected chi connectivity index (χ2v) is 7.40. The maximum Gasteiger partial charge on any atom is 0.240 e. The van der Waals surface area contributed by atoms with Gasteiger partial charge in [0.15, 0.2) is 0 Å². The van der Waals surface area contributed by atoms with Crippen molar-refractivity contribution in [2.24, 2.45) is 5.92 Å². The predicted molar refractivity (Wildman–Crippen MR) is 83.8 cm³/mol. The fourth-order valence-corrected chi connectivity index (χ4v) is 3.61. The summed E-state index contributed by atoms with van der Waals surface area (Å²) in [4.78, 5) is 0.179. The molecule has 118 valence electrons. The number of rotatable bonds is 5. The maximum absolute atomic E-state index is 11.9. The highest BCUT2D eigenvalue weighted by Crippen LogP contribution is 2.33. The molecule has 0 aromatic heterocycles. The fraction of sp³-hybridized carbons (Fsp3) is 0.600. The summed E-state index contributed by atoms with van der Waals surface area (Å²) < 4.78 is 32.1. The molecule has 0 bridgehead atoms. The zero-order valence-electron chi connectivity index (χ0n) is 12.6. The molecule has 6 heteroatoms. The van der Waals surface area contributed by atoms with E-state index in [1.165, 1.54) is 25.6 Å². The van der Waals surface area contributed by atoms with Crippen LogP contribution in [0.3, 0.4) is 0 Å². The molecule has 0 amide bonds. The predicted octanol–water partition coefficient (Wildman–Crippen LogP) is 2.52. The van der Waals surface area contributed by atoms with Crippen molar-refractivity contribution >= 4 is 15.7 Å². The lowest BCUT2D eigenvalue weighted by molar-refractivity contribution is 0.0909. The molecule has 1 fully saturated rings. The lowest BCUT2D eigenvalue weighted by atomic mass is 9.85. The number of benzene rings is 1. The molecule has 0 aliphatic heterocycles. The van der Waals surface area contributed by atoms with Gasteiger partial charge in [-0.25, -0.2) is 13.1 Å². The quantitative estimate of drug-likeness (QED) is 0.819. The Kier molecular flexibility index (Phi) is 5.11. The zero-order valence-corrected chi connectivity index (χ0v) is 13.4. The van der Waals surface area contributed by atoms with Crippen LogP contribution < -0.4 is 15.2 Å². The monoisotopic (exact) mass is 312 g/mol. The van der Waals surface area contributed by atoms with Crippen molar-refractivity contribution in [3.05, 3.63) is 18.2 Å². The molecule has 3 N–H and O–H groups in total. The number of nitrogens with two attached hydrogens (primary N) is 1. The average Bonchev–Trinajstić information content (AvgIpc) is 2.49. The zero-order chi connectivity index (χ0) is 15.5. The van der Waals surface area contributed by atoms with Crippen LogP contribution in [0, 0.1) is 5.92 Å². The van der Waals surface area contributed by atoms with Crippen molar-refractivity contribution in [2.45, 2.75) is 50.0 Å². The van der Waals surface area contributed by atoms with Gasteiger partial charge in [-0.3, -0.25) is 0 Å². The van der Waals surface area contributed by atoms with Gasteiger partial charge in [0.1, 0.15) is 11.9 Å². The van der Waals surface area contributed by atoms with Crippen molar-refractivity contribution in [2.75, 3.05) is 12.8 Å². The van der Waals surface area contributed by atoms with Crippen LogP contribution in [0.4, 0.5) is 5.69 Å². The van der Waals surface area contributed by atoms with E-state index in [0.29, 0.717) is 17.4 Å². The lowest BCUT2D eigenvalue weighted by Gasteiger charge is -2.31. The molecule has 1 aromatic carbocycles. The Hall–Kier alpha value is -1.27. The molecule has 1 saturated carbocycles. The molecule has 0 spiro atoms. The molecular weight excluding hydrogens is 288 g/mol. The molecule has 0 heterocycles. The second-order valence-electron chi connectivity index (χ2n) is 5.52. The van der Waals surface area contributed by atoms with Gasteiger partial charge in [0.2, 0.25) is 10.0 Å². The first-order chi connectivity index (χ1) is 9.97. The van der Waals surface area contributed by atoms with E-state index < -0.39 is 10.0 Å². The van der Waals surface area contributed by atoms with Gasteiger partial charge in [0, 0.05) is 6.07 Å². The lowest BCUT2D eigenvalue weighted by Crippen LogP contribution is -2.30. The van der Waals surface area contributed by atoms with Crippen molar-refractivity contribution in [3.63, 3.8) is 0 Å². The first kappa shape index (κ1) is 16.1. The number of nitrogen functional groups attached to an aromatic ring is 1. The average molecular weight is 312 g/mol. The smallest absolute Gasteiger partial charge is 0.240 e. The third-order valence-electron chi connectivity index (χ3n) is 4.21. The molecule has 21 heavy (non-hydrogen) atoms. The highest BCUT2D eigenvalue weighted by atomic mass is 32.2. The summed E-state index contributed by atoms with van der Waals surface area (Å²) >= 11 is 0. The third kappa shape index (κ3) is 3.68. The van der Waals surface area contributed by atoms with Crippen LogP contribution in [0.5, 0.6) is 5.75 Å². The standard InChI is InChI=1S/C15H24N2O3S/c1-3-11-6-4-5-7-14(11)20-15-10-12(8-9-13(15)16)21(18,19)17-2/h8-11,14,17H,3-7,16H2,1-2H3. The number of hydrogen-bond donors (Lipinski definition) is 2. The normalized spacial score (nSPS) is 23.0. The van der Waals surface area contributed by atoms with E-state index in [2.05, 4.69) is 11.6 Å². The van der Waals surface area contributed by atoms with E-state index >= 15 is 0 Å². The number of nitrogens with one attached hydrogen (secondary N) is 1. The molecule has 0 saturated heterocycles. The molecule has 2 rings (SSSR count). The Morgan fingerprint density at radius 1 is 1.33 bits per heavy atom. The molecule has 1 aliphatic rings. The Morgan fingerprint density at radius 2 is 2.05 bits per heavy atom. The molecule has 1 aliphatic carbocycles. The van der Waals surface area contributed by atoms with Crippen molar-refractivity contribution < 1.29 is 13.2 Å². The Balaban J connectivity index is 2.25. The number of ether oxygens (including phenoxy) is 1. The Bertz CT molecular complexity index is 587. The first-order valence-corrected chi connectivity index (χ1v) is 8.96. The van der Waals surface area contributed by atoms with E-state index in [1.54, 1.807) is 6.07 Å². The van der Waals surface area contributed by atoms with Gasteiger partial charge < -0.3 is 10.5 Å². The fourth-order valence-electron chi connectivity index (χ4n) is 2.86. The minimum atomic E-state index is -3.48. The second kappa shape index (κ2) is 6.66. The number of hydrogen-bond acceptors (Lipinski definition) is 4. The molecule has 0 radical (unpaired) electrons. The molecule has 1 aromatic rings. The highest BCUT2D eigenvalue weighted by molar-refractivity contribution is 7.89. The molecule has 5 nitrogen and oxygen atoms in total. The van der Waals surface area contributed by atoms with Crippen LogP contribution in [-0.2, 0) is 10.0 Å². The van der Waals surface area contributed by atoms with Crippen LogP contribution in [0.1, 0.15) is 39.0 Å². The van der Waals surface area contributed by atoms with Crippen molar-refractivity contribution in [3.8, 4) is 5.75 Å². The number of sulfonamides is 1. The summed E-state index contributed by atoms with van der Waals surface area (Å²) in [5.74, 6) is 0.986. The highest BCUT2D eigenvalue weighted by Gasteiger charge is 2.26. The van der Waals surface area contributed by atoms with E-state index in [4.69, 9.17) is 10.5 Å². The summed E-state index contributed by atoms with van der Waals surface area (Å²) in [6.45, 7) is 2.16. The Labute approximate surface area is 126 Å².